The molecule has 34 heavy (non-hydrogen) atoms. The molecule has 0 unspecified atom stereocenters. The van der Waals surface area contributed by atoms with Gasteiger partial charge in [0.15, 0.2) is 0 Å². The Labute approximate surface area is 201 Å². The first-order valence-electron chi connectivity index (χ1n) is 10.8. The lowest BCUT2D eigenvalue weighted by Gasteiger charge is -2.13. The molecule has 1 aliphatic heterocycles. The highest BCUT2D eigenvalue weighted by Gasteiger charge is 2.35. The van der Waals surface area contributed by atoms with Gasteiger partial charge in [0, 0.05) is 36.3 Å². The molecule has 176 valence electrons. The van der Waals surface area contributed by atoms with Gasteiger partial charge in [-0.2, -0.15) is 0 Å². The first-order valence-corrected chi connectivity index (χ1v) is 11.6. The largest absolute Gasteiger partial charge is 0.492 e. The summed E-state index contributed by atoms with van der Waals surface area (Å²) in [6.45, 7) is 1.39. The average molecular weight is 480 g/mol. The van der Waals surface area contributed by atoms with Gasteiger partial charge in [-0.05, 0) is 36.0 Å². The topological polar surface area (TPSA) is 89.9 Å². The quantitative estimate of drug-likeness (QED) is 0.354. The average Bonchev–Trinajstić information content (AvgIpc) is 3.31. The van der Waals surface area contributed by atoms with Crippen LogP contribution in [0.15, 0.2) is 65.7 Å². The molecule has 8 nitrogen and oxygen atoms in total. The summed E-state index contributed by atoms with van der Waals surface area (Å²) in [5.74, 6) is 0.202. The van der Waals surface area contributed by atoms with Crippen molar-refractivity contribution in [2.24, 2.45) is 0 Å². The van der Waals surface area contributed by atoms with Crippen molar-refractivity contribution in [3.8, 4) is 5.75 Å². The van der Waals surface area contributed by atoms with Crippen molar-refractivity contribution in [1.82, 2.24) is 14.8 Å². The van der Waals surface area contributed by atoms with E-state index < -0.39 is 0 Å². The van der Waals surface area contributed by atoms with Gasteiger partial charge in [-0.3, -0.25) is 19.3 Å². The molecular weight excluding hydrogens is 454 g/mol. The van der Waals surface area contributed by atoms with Gasteiger partial charge in [-0.25, -0.2) is 0 Å². The molecule has 2 aromatic carbocycles. The van der Waals surface area contributed by atoms with Crippen LogP contribution in [0.5, 0.6) is 5.75 Å². The highest BCUT2D eigenvalue weighted by molar-refractivity contribution is 8.18. The molecule has 1 N–H and O–H groups in total. The Morgan fingerprint density at radius 3 is 2.62 bits per heavy atom. The zero-order chi connectivity index (χ0) is 23.9. The third-order valence-electron chi connectivity index (χ3n) is 5.25. The van der Waals surface area contributed by atoms with Crippen molar-refractivity contribution < 1.29 is 23.9 Å². The van der Waals surface area contributed by atoms with Gasteiger partial charge in [0.2, 0.25) is 5.91 Å². The van der Waals surface area contributed by atoms with Crippen LogP contribution in [0, 0.1) is 0 Å². The summed E-state index contributed by atoms with van der Waals surface area (Å²) in [4.78, 5) is 39.2. The molecule has 9 heteroatoms. The first-order chi connectivity index (χ1) is 16.6. The summed E-state index contributed by atoms with van der Waals surface area (Å²) in [6.07, 6.45) is 3.54. The molecule has 1 aliphatic rings. The highest BCUT2D eigenvalue weighted by atomic mass is 32.2. The van der Waals surface area contributed by atoms with Gasteiger partial charge >= 0.3 is 0 Å². The standard InChI is InChI=1S/C25H25N3O5S/c1-32-13-11-26-23(29)17-27-16-18(20-9-5-6-10-21(20)27)15-22-24(30)28(25(31)34-22)12-14-33-19-7-3-2-4-8-19/h2-10,15-16H,11-14,17H2,1H3,(H,26,29)/b22-15-. The van der Waals surface area contributed by atoms with Crippen LogP contribution in [0.4, 0.5) is 4.79 Å². The number of hydrogen-bond donors (Lipinski definition) is 1. The van der Waals surface area contributed by atoms with E-state index in [0.717, 1.165) is 28.2 Å². The second-order valence-electron chi connectivity index (χ2n) is 7.57. The van der Waals surface area contributed by atoms with E-state index in [1.165, 1.54) is 4.90 Å². The predicted molar refractivity (Wildman–Crippen MR) is 131 cm³/mol. The zero-order valence-electron chi connectivity index (χ0n) is 18.7. The van der Waals surface area contributed by atoms with E-state index in [1.807, 2.05) is 65.4 Å². The molecule has 3 amide bonds. The third kappa shape index (κ3) is 5.49. The van der Waals surface area contributed by atoms with Crippen molar-refractivity contribution in [2.75, 3.05) is 33.4 Å². The fraction of sp³-hybridized carbons (Fsp3) is 0.240. The Kier molecular flexibility index (Phi) is 7.66. The number of para-hydroxylation sites is 2. The summed E-state index contributed by atoms with van der Waals surface area (Å²) in [5.41, 5.74) is 1.64. The van der Waals surface area contributed by atoms with Crippen LogP contribution in [-0.2, 0) is 20.9 Å². The summed E-state index contributed by atoms with van der Waals surface area (Å²) < 4.78 is 12.4. The summed E-state index contributed by atoms with van der Waals surface area (Å²) >= 11 is 0.909. The van der Waals surface area contributed by atoms with Gasteiger partial charge in [0.1, 0.15) is 18.9 Å². The van der Waals surface area contributed by atoms with E-state index in [1.54, 1.807) is 13.2 Å². The number of amides is 3. The molecule has 1 fully saturated rings. The lowest BCUT2D eigenvalue weighted by atomic mass is 10.1. The molecule has 4 rings (SSSR count). The maximum Gasteiger partial charge on any atom is 0.293 e. The Morgan fingerprint density at radius 2 is 1.82 bits per heavy atom. The van der Waals surface area contributed by atoms with E-state index in [4.69, 9.17) is 9.47 Å². The number of nitrogens with one attached hydrogen (secondary N) is 1. The minimum atomic E-state index is -0.346. The molecule has 0 radical (unpaired) electrons. The number of ether oxygens (including phenoxy) is 2. The molecule has 0 aliphatic carbocycles. The van der Waals surface area contributed by atoms with E-state index in [-0.39, 0.29) is 36.7 Å². The number of thioether (sulfide) groups is 1. The zero-order valence-corrected chi connectivity index (χ0v) is 19.5. The number of carbonyl (C=O) groups is 3. The second kappa shape index (κ2) is 11.0. The SMILES string of the molecule is COCCNC(=O)Cn1cc(/C=C2\SC(=O)N(CCOc3ccccc3)C2=O)c2ccccc21. The molecule has 0 bridgehead atoms. The second-order valence-corrected chi connectivity index (χ2v) is 8.56. The Morgan fingerprint density at radius 1 is 1.06 bits per heavy atom. The fourth-order valence-corrected chi connectivity index (χ4v) is 4.49. The number of hydrogen-bond acceptors (Lipinski definition) is 6. The van der Waals surface area contributed by atoms with E-state index in [0.29, 0.717) is 23.8 Å². The summed E-state index contributed by atoms with van der Waals surface area (Å²) in [7, 11) is 1.58. The number of imide groups is 1. The molecule has 0 saturated carbocycles. The van der Waals surface area contributed by atoms with Gasteiger partial charge < -0.3 is 19.4 Å². The normalized spacial score (nSPS) is 14.9. The predicted octanol–water partition coefficient (Wildman–Crippen LogP) is 3.52. The van der Waals surface area contributed by atoms with E-state index in [9.17, 15) is 14.4 Å². The van der Waals surface area contributed by atoms with Crippen molar-refractivity contribution in [1.29, 1.82) is 0 Å². The highest BCUT2D eigenvalue weighted by Crippen LogP contribution is 2.34. The molecule has 0 atom stereocenters. The lowest BCUT2D eigenvalue weighted by molar-refractivity contribution is -0.123. The number of nitrogens with zero attached hydrogens (tertiary/aromatic N) is 2. The molecule has 1 aromatic heterocycles. The molecular formula is C25H25N3O5S. The summed E-state index contributed by atoms with van der Waals surface area (Å²) in [5, 5.41) is 3.38. The number of benzene rings is 2. The minimum Gasteiger partial charge on any atom is -0.492 e. The van der Waals surface area contributed by atoms with Crippen molar-refractivity contribution in [2.45, 2.75) is 6.54 Å². The molecule has 1 saturated heterocycles. The Balaban J connectivity index is 1.48. The number of fused-ring (bicyclic) bond motifs is 1. The maximum atomic E-state index is 12.9. The number of aromatic nitrogens is 1. The fourth-order valence-electron chi connectivity index (χ4n) is 3.63. The van der Waals surface area contributed by atoms with Crippen LogP contribution in [-0.4, -0.2) is 59.9 Å². The number of rotatable bonds is 10. The molecule has 3 aromatic rings. The van der Waals surface area contributed by atoms with Crippen LogP contribution < -0.4 is 10.1 Å². The number of carbonyl (C=O) groups excluding carboxylic acids is 3. The van der Waals surface area contributed by atoms with Crippen LogP contribution in [0.25, 0.3) is 17.0 Å². The van der Waals surface area contributed by atoms with Crippen LogP contribution in [0.3, 0.4) is 0 Å². The van der Waals surface area contributed by atoms with Gasteiger partial charge in [-0.15, -0.1) is 0 Å². The number of methoxy groups -OCH3 is 1. The first kappa shape index (κ1) is 23.6. The molecule has 2 heterocycles. The smallest absolute Gasteiger partial charge is 0.293 e. The van der Waals surface area contributed by atoms with Gasteiger partial charge in [0.05, 0.1) is 18.1 Å². The van der Waals surface area contributed by atoms with Crippen molar-refractivity contribution in [3.05, 3.63) is 71.3 Å². The monoisotopic (exact) mass is 479 g/mol. The molecule has 0 spiro atoms. The van der Waals surface area contributed by atoms with E-state index in [2.05, 4.69) is 5.32 Å². The van der Waals surface area contributed by atoms with Gasteiger partial charge in [-0.1, -0.05) is 36.4 Å². The Hall–Kier alpha value is -3.56. The van der Waals surface area contributed by atoms with Crippen LogP contribution in [0.2, 0.25) is 0 Å². The Bertz CT molecular complexity index is 1220. The minimum absolute atomic E-state index is 0.135. The van der Waals surface area contributed by atoms with Gasteiger partial charge in [0.25, 0.3) is 11.1 Å². The van der Waals surface area contributed by atoms with E-state index >= 15 is 0 Å². The van der Waals surface area contributed by atoms with Crippen molar-refractivity contribution in [3.63, 3.8) is 0 Å². The lowest BCUT2D eigenvalue weighted by Crippen LogP contribution is -2.32. The maximum absolute atomic E-state index is 12.9. The summed E-state index contributed by atoms with van der Waals surface area (Å²) in [6, 6.07) is 16.9. The van der Waals surface area contributed by atoms with Crippen LogP contribution in [0.1, 0.15) is 5.56 Å². The van der Waals surface area contributed by atoms with Crippen LogP contribution >= 0.6 is 11.8 Å². The third-order valence-corrected chi connectivity index (χ3v) is 6.16. The van der Waals surface area contributed by atoms with Crippen molar-refractivity contribution >= 4 is 45.8 Å².